The molecule has 0 heterocycles. The molecule has 0 aliphatic heterocycles. The van der Waals surface area contributed by atoms with Crippen molar-refractivity contribution in [3.8, 4) is 5.75 Å². The van der Waals surface area contributed by atoms with Crippen molar-refractivity contribution < 1.29 is 9.53 Å². The fraction of sp³-hybridized carbons (Fsp3) is 0.278. The van der Waals surface area contributed by atoms with Crippen LogP contribution in [0.3, 0.4) is 0 Å². The van der Waals surface area contributed by atoms with E-state index in [9.17, 15) is 4.79 Å². The van der Waals surface area contributed by atoms with Crippen molar-refractivity contribution >= 4 is 27.5 Å². The molecule has 0 fully saturated rings. The summed E-state index contributed by atoms with van der Waals surface area (Å²) in [7, 11) is 0. The molecule has 4 heteroatoms. The smallest absolute Gasteiger partial charge is 0.265 e. The van der Waals surface area contributed by atoms with Gasteiger partial charge in [0.25, 0.3) is 5.91 Å². The van der Waals surface area contributed by atoms with Crippen LogP contribution in [0.15, 0.2) is 46.9 Å². The standard InChI is InChI=1S/C18H20BrNO2/c1-4-16(22-17-9-8-12(2)10-13(17)3)18(21)20-15-7-5-6-14(19)11-15/h5-11,16H,4H2,1-3H3,(H,20,21)/t16-/m1/s1. The Morgan fingerprint density at radius 3 is 2.64 bits per heavy atom. The van der Waals surface area contributed by atoms with Gasteiger partial charge in [-0.1, -0.05) is 46.6 Å². The average molecular weight is 362 g/mol. The van der Waals surface area contributed by atoms with Gasteiger partial charge in [0, 0.05) is 10.2 Å². The molecule has 2 aromatic rings. The number of carbonyl (C=O) groups excluding carboxylic acids is 1. The van der Waals surface area contributed by atoms with Crippen molar-refractivity contribution in [3.05, 3.63) is 58.1 Å². The Kier molecular flexibility index (Phi) is 5.61. The van der Waals surface area contributed by atoms with Crippen LogP contribution in [0.1, 0.15) is 24.5 Å². The second kappa shape index (κ2) is 7.45. The lowest BCUT2D eigenvalue weighted by Crippen LogP contribution is -2.32. The topological polar surface area (TPSA) is 38.3 Å². The van der Waals surface area contributed by atoms with E-state index in [1.807, 2.05) is 63.2 Å². The molecule has 1 N–H and O–H groups in total. The molecule has 0 bridgehead atoms. The molecule has 0 aliphatic rings. The molecule has 1 atom stereocenters. The lowest BCUT2D eigenvalue weighted by atomic mass is 10.1. The molecule has 0 spiro atoms. The summed E-state index contributed by atoms with van der Waals surface area (Å²) in [5.74, 6) is 0.613. The number of carbonyl (C=O) groups is 1. The number of benzene rings is 2. The van der Waals surface area contributed by atoms with Gasteiger partial charge in [0.05, 0.1) is 0 Å². The molecule has 2 rings (SSSR count). The maximum atomic E-state index is 12.4. The number of ether oxygens (including phenoxy) is 1. The summed E-state index contributed by atoms with van der Waals surface area (Å²) in [4.78, 5) is 12.4. The van der Waals surface area contributed by atoms with E-state index in [4.69, 9.17) is 4.74 Å². The van der Waals surface area contributed by atoms with E-state index < -0.39 is 6.10 Å². The fourth-order valence-electron chi connectivity index (χ4n) is 2.20. The molecule has 22 heavy (non-hydrogen) atoms. The first-order chi connectivity index (χ1) is 10.5. The number of hydrogen-bond donors (Lipinski definition) is 1. The highest BCUT2D eigenvalue weighted by molar-refractivity contribution is 9.10. The lowest BCUT2D eigenvalue weighted by molar-refractivity contribution is -0.122. The van der Waals surface area contributed by atoms with Crippen molar-refractivity contribution in [2.24, 2.45) is 0 Å². The number of rotatable bonds is 5. The first-order valence-electron chi connectivity index (χ1n) is 7.30. The van der Waals surface area contributed by atoms with Gasteiger partial charge >= 0.3 is 0 Å². The van der Waals surface area contributed by atoms with Gasteiger partial charge in [0.15, 0.2) is 6.10 Å². The first-order valence-corrected chi connectivity index (χ1v) is 8.09. The third-order valence-corrected chi connectivity index (χ3v) is 3.85. The molecule has 3 nitrogen and oxygen atoms in total. The van der Waals surface area contributed by atoms with Gasteiger partial charge in [-0.2, -0.15) is 0 Å². The van der Waals surface area contributed by atoms with Crippen LogP contribution in [0.4, 0.5) is 5.69 Å². The van der Waals surface area contributed by atoms with Crippen LogP contribution in [0.25, 0.3) is 0 Å². The number of anilines is 1. The predicted octanol–water partition coefficient (Wildman–Crippen LogP) is 4.86. The molecule has 0 aliphatic carbocycles. The summed E-state index contributed by atoms with van der Waals surface area (Å²) in [5, 5.41) is 2.89. The highest BCUT2D eigenvalue weighted by atomic mass is 79.9. The summed E-state index contributed by atoms with van der Waals surface area (Å²) in [6, 6.07) is 13.5. The number of hydrogen-bond acceptors (Lipinski definition) is 2. The van der Waals surface area contributed by atoms with Crippen molar-refractivity contribution in [1.82, 2.24) is 0 Å². The minimum absolute atomic E-state index is 0.138. The zero-order chi connectivity index (χ0) is 16.1. The van der Waals surface area contributed by atoms with Gasteiger partial charge in [0.1, 0.15) is 5.75 Å². The van der Waals surface area contributed by atoms with Crippen LogP contribution >= 0.6 is 15.9 Å². The largest absolute Gasteiger partial charge is 0.480 e. The van der Waals surface area contributed by atoms with Crippen molar-refractivity contribution in [2.45, 2.75) is 33.3 Å². The van der Waals surface area contributed by atoms with Gasteiger partial charge in [-0.3, -0.25) is 4.79 Å². The Balaban J connectivity index is 2.09. The third-order valence-electron chi connectivity index (χ3n) is 3.36. The Morgan fingerprint density at radius 1 is 1.23 bits per heavy atom. The van der Waals surface area contributed by atoms with Gasteiger partial charge in [0.2, 0.25) is 0 Å². The van der Waals surface area contributed by atoms with E-state index in [1.54, 1.807) is 0 Å². The highest BCUT2D eigenvalue weighted by Crippen LogP contribution is 2.22. The second-order valence-corrected chi connectivity index (χ2v) is 6.20. The second-order valence-electron chi connectivity index (χ2n) is 5.28. The summed E-state index contributed by atoms with van der Waals surface area (Å²) in [6.07, 6.45) is 0.0908. The Hall–Kier alpha value is -1.81. The molecule has 0 saturated heterocycles. The number of aryl methyl sites for hydroxylation is 2. The zero-order valence-corrected chi connectivity index (χ0v) is 14.6. The quantitative estimate of drug-likeness (QED) is 0.825. The first kappa shape index (κ1) is 16.6. The van der Waals surface area contributed by atoms with Gasteiger partial charge in [-0.15, -0.1) is 0 Å². The van der Waals surface area contributed by atoms with Crippen LogP contribution in [0.2, 0.25) is 0 Å². The minimum Gasteiger partial charge on any atom is -0.480 e. The highest BCUT2D eigenvalue weighted by Gasteiger charge is 2.19. The Morgan fingerprint density at radius 2 is 2.00 bits per heavy atom. The summed E-state index contributed by atoms with van der Waals surface area (Å²) >= 11 is 3.39. The molecule has 0 aromatic heterocycles. The predicted molar refractivity (Wildman–Crippen MR) is 93.4 cm³/mol. The fourth-order valence-corrected chi connectivity index (χ4v) is 2.60. The monoisotopic (exact) mass is 361 g/mol. The van der Waals surface area contributed by atoms with Gasteiger partial charge in [-0.25, -0.2) is 0 Å². The molecule has 1 amide bonds. The van der Waals surface area contributed by atoms with Gasteiger partial charge < -0.3 is 10.1 Å². The Bertz CT molecular complexity index is 670. The van der Waals surface area contributed by atoms with Crippen LogP contribution in [-0.2, 0) is 4.79 Å². The van der Waals surface area contributed by atoms with E-state index in [1.165, 1.54) is 5.56 Å². The Labute approximate surface area is 139 Å². The summed E-state index contributed by atoms with van der Waals surface area (Å²) < 4.78 is 6.81. The molecule has 0 radical (unpaired) electrons. The molecule has 116 valence electrons. The maximum Gasteiger partial charge on any atom is 0.265 e. The van der Waals surface area contributed by atoms with E-state index in [2.05, 4.69) is 21.2 Å². The van der Waals surface area contributed by atoms with Crippen LogP contribution in [-0.4, -0.2) is 12.0 Å². The average Bonchev–Trinajstić information content (AvgIpc) is 2.46. The van der Waals surface area contributed by atoms with Crippen LogP contribution in [0, 0.1) is 13.8 Å². The number of nitrogens with one attached hydrogen (secondary N) is 1. The summed E-state index contributed by atoms with van der Waals surface area (Å²) in [5.41, 5.74) is 2.97. The lowest BCUT2D eigenvalue weighted by Gasteiger charge is -2.19. The minimum atomic E-state index is -0.514. The maximum absolute atomic E-state index is 12.4. The van der Waals surface area contributed by atoms with E-state index in [-0.39, 0.29) is 5.91 Å². The zero-order valence-electron chi connectivity index (χ0n) is 13.0. The summed E-state index contributed by atoms with van der Waals surface area (Å²) in [6.45, 7) is 5.96. The number of halogens is 1. The normalized spacial score (nSPS) is 11.8. The van der Waals surface area contributed by atoms with E-state index in [0.29, 0.717) is 6.42 Å². The van der Waals surface area contributed by atoms with Crippen LogP contribution < -0.4 is 10.1 Å². The number of amides is 1. The van der Waals surface area contributed by atoms with Crippen molar-refractivity contribution in [3.63, 3.8) is 0 Å². The van der Waals surface area contributed by atoms with Crippen LogP contribution in [0.5, 0.6) is 5.75 Å². The molecule has 0 saturated carbocycles. The molecular formula is C18H20BrNO2. The van der Waals surface area contributed by atoms with Crippen molar-refractivity contribution in [1.29, 1.82) is 0 Å². The van der Waals surface area contributed by atoms with Gasteiger partial charge in [-0.05, 0) is 50.1 Å². The molecule has 0 unspecified atom stereocenters. The van der Waals surface area contributed by atoms with Crippen molar-refractivity contribution in [2.75, 3.05) is 5.32 Å². The van der Waals surface area contributed by atoms with E-state index >= 15 is 0 Å². The molecule has 2 aromatic carbocycles. The molecular weight excluding hydrogens is 342 g/mol. The van der Waals surface area contributed by atoms with E-state index in [0.717, 1.165) is 21.5 Å². The third kappa shape index (κ3) is 4.34. The SMILES string of the molecule is CC[C@@H](Oc1ccc(C)cc1C)C(=O)Nc1cccc(Br)c1.